The number of aromatic nitrogens is 1. The van der Waals surface area contributed by atoms with Gasteiger partial charge in [0.05, 0.1) is 5.52 Å². The van der Waals surface area contributed by atoms with Crippen molar-refractivity contribution in [2.75, 3.05) is 17.6 Å². The number of benzene rings is 1. The predicted octanol–water partition coefficient (Wildman–Crippen LogP) is 4.20. The van der Waals surface area contributed by atoms with Crippen LogP contribution in [0.5, 0.6) is 0 Å². The Labute approximate surface area is 120 Å². The third kappa shape index (κ3) is 3.03. The molecular formula is C17H23N3. The summed E-state index contributed by atoms with van der Waals surface area (Å²) in [6.45, 7) is 1.04. The van der Waals surface area contributed by atoms with Crippen LogP contribution in [0.25, 0.3) is 10.9 Å². The topological polar surface area (TPSA) is 50.9 Å². The lowest BCUT2D eigenvalue weighted by atomic mass is 10.0. The van der Waals surface area contributed by atoms with Crippen molar-refractivity contribution in [2.24, 2.45) is 5.92 Å². The van der Waals surface area contributed by atoms with Crippen molar-refractivity contribution in [3.05, 3.63) is 30.5 Å². The number of nitrogens with zero attached hydrogens (tertiary/aromatic N) is 1. The van der Waals surface area contributed by atoms with E-state index in [4.69, 9.17) is 5.73 Å². The zero-order valence-corrected chi connectivity index (χ0v) is 11.9. The summed E-state index contributed by atoms with van der Waals surface area (Å²) < 4.78 is 0. The third-order valence-corrected chi connectivity index (χ3v) is 4.35. The molecule has 106 valence electrons. The molecule has 0 aliphatic heterocycles. The number of fused-ring (bicyclic) bond motifs is 1. The largest absolute Gasteiger partial charge is 0.399 e. The van der Waals surface area contributed by atoms with E-state index < -0.39 is 0 Å². The summed E-state index contributed by atoms with van der Waals surface area (Å²) in [5.74, 6) is 0.978. The van der Waals surface area contributed by atoms with Crippen molar-refractivity contribution in [1.82, 2.24) is 4.98 Å². The lowest BCUT2D eigenvalue weighted by molar-refractivity contribution is 0.491. The van der Waals surface area contributed by atoms with Gasteiger partial charge in [-0.2, -0.15) is 0 Å². The van der Waals surface area contributed by atoms with Gasteiger partial charge in [-0.3, -0.25) is 4.98 Å². The zero-order chi connectivity index (χ0) is 13.8. The summed E-state index contributed by atoms with van der Waals surface area (Å²) in [6.07, 6.45) is 10.2. The van der Waals surface area contributed by atoms with Gasteiger partial charge in [-0.1, -0.05) is 25.7 Å². The molecule has 2 aromatic rings. The molecule has 3 heteroatoms. The summed E-state index contributed by atoms with van der Waals surface area (Å²) in [4.78, 5) is 4.37. The van der Waals surface area contributed by atoms with Gasteiger partial charge >= 0.3 is 0 Å². The normalized spacial score (nSPS) is 15.8. The fourth-order valence-electron chi connectivity index (χ4n) is 3.23. The van der Waals surface area contributed by atoms with Crippen molar-refractivity contribution in [3.8, 4) is 0 Å². The predicted molar refractivity (Wildman–Crippen MR) is 85.8 cm³/mol. The zero-order valence-electron chi connectivity index (χ0n) is 11.9. The van der Waals surface area contributed by atoms with Crippen LogP contribution in [0.4, 0.5) is 11.4 Å². The third-order valence-electron chi connectivity index (χ3n) is 4.35. The first-order valence-corrected chi connectivity index (χ1v) is 7.71. The van der Waals surface area contributed by atoms with Gasteiger partial charge in [0.1, 0.15) is 0 Å². The quantitative estimate of drug-likeness (QED) is 0.632. The monoisotopic (exact) mass is 269 g/mol. The molecule has 1 aliphatic carbocycles. The molecule has 0 atom stereocenters. The van der Waals surface area contributed by atoms with Gasteiger partial charge in [-0.25, -0.2) is 0 Å². The smallest absolute Gasteiger partial charge is 0.0743 e. The highest BCUT2D eigenvalue weighted by Gasteiger charge is 2.13. The van der Waals surface area contributed by atoms with Gasteiger partial charge in [0.15, 0.2) is 0 Å². The average Bonchev–Trinajstić information content (AvgIpc) is 2.96. The molecular weight excluding hydrogens is 246 g/mol. The van der Waals surface area contributed by atoms with Crippen molar-refractivity contribution in [3.63, 3.8) is 0 Å². The maximum atomic E-state index is 5.81. The van der Waals surface area contributed by atoms with E-state index in [1.165, 1.54) is 44.2 Å². The lowest BCUT2D eigenvalue weighted by Crippen LogP contribution is -2.05. The Morgan fingerprint density at radius 3 is 2.90 bits per heavy atom. The number of pyridine rings is 1. The number of rotatable bonds is 5. The van der Waals surface area contributed by atoms with E-state index in [-0.39, 0.29) is 0 Å². The van der Waals surface area contributed by atoms with Crippen LogP contribution in [0.3, 0.4) is 0 Å². The Hall–Kier alpha value is -1.77. The summed E-state index contributed by atoms with van der Waals surface area (Å²) in [5, 5.41) is 4.71. The molecule has 3 rings (SSSR count). The van der Waals surface area contributed by atoms with E-state index in [0.717, 1.165) is 29.1 Å². The minimum atomic E-state index is 0.767. The van der Waals surface area contributed by atoms with Crippen LogP contribution < -0.4 is 11.1 Å². The summed E-state index contributed by atoms with van der Waals surface area (Å²) >= 11 is 0. The highest BCUT2D eigenvalue weighted by atomic mass is 14.9. The first-order chi connectivity index (χ1) is 9.83. The van der Waals surface area contributed by atoms with Gasteiger partial charge in [0, 0.05) is 29.5 Å². The highest BCUT2D eigenvalue weighted by molar-refractivity contribution is 5.92. The Morgan fingerprint density at radius 2 is 2.05 bits per heavy atom. The molecule has 0 bridgehead atoms. The molecule has 1 aromatic carbocycles. The molecule has 0 spiro atoms. The van der Waals surface area contributed by atoms with Gasteiger partial charge < -0.3 is 11.1 Å². The van der Waals surface area contributed by atoms with Crippen LogP contribution in [0.1, 0.15) is 38.5 Å². The van der Waals surface area contributed by atoms with E-state index in [1.807, 2.05) is 24.4 Å². The minimum Gasteiger partial charge on any atom is -0.399 e. The molecule has 1 heterocycles. The molecule has 3 N–H and O–H groups in total. The van der Waals surface area contributed by atoms with Gasteiger partial charge in [0.25, 0.3) is 0 Å². The number of nitrogens with two attached hydrogens (primary N) is 1. The fraction of sp³-hybridized carbons (Fsp3) is 0.471. The van der Waals surface area contributed by atoms with Gasteiger partial charge in [-0.15, -0.1) is 0 Å². The molecule has 1 aromatic heterocycles. The summed E-state index contributed by atoms with van der Waals surface area (Å²) in [7, 11) is 0. The second-order valence-corrected chi connectivity index (χ2v) is 5.85. The maximum absolute atomic E-state index is 5.81. The van der Waals surface area contributed by atoms with Gasteiger partial charge in [0.2, 0.25) is 0 Å². The minimum absolute atomic E-state index is 0.767. The molecule has 1 fully saturated rings. The molecule has 1 saturated carbocycles. The molecule has 0 saturated heterocycles. The average molecular weight is 269 g/mol. The van der Waals surface area contributed by atoms with Crippen LogP contribution in [0, 0.1) is 5.92 Å². The van der Waals surface area contributed by atoms with Gasteiger partial charge in [-0.05, 0) is 43.0 Å². The van der Waals surface area contributed by atoms with Crippen LogP contribution in [0.15, 0.2) is 30.5 Å². The first kappa shape index (κ1) is 13.2. The summed E-state index contributed by atoms with van der Waals surface area (Å²) in [5.41, 5.74) is 8.70. The Bertz CT molecular complexity index is 573. The summed E-state index contributed by atoms with van der Waals surface area (Å²) in [6, 6.07) is 7.97. The first-order valence-electron chi connectivity index (χ1n) is 7.71. The van der Waals surface area contributed by atoms with E-state index in [1.54, 1.807) is 0 Å². The van der Waals surface area contributed by atoms with E-state index in [0.29, 0.717) is 0 Å². The number of nitrogens with one attached hydrogen (secondary N) is 1. The van der Waals surface area contributed by atoms with Crippen molar-refractivity contribution < 1.29 is 0 Å². The molecule has 0 amide bonds. The van der Waals surface area contributed by atoms with E-state index in [9.17, 15) is 0 Å². The number of hydrogen-bond donors (Lipinski definition) is 2. The molecule has 0 radical (unpaired) electrons. The second-order valence-electron chi connectivity index (χ2n) is 5.85. The number of nitrogen functional groups attached to an aromatic ring is 1. The van der Waals surface area contributed by atoms with Crippen LogP contribution in [-0.4, -0.2) is 11.5 Å². The number of hydrogen-bond acceptors (Lipinski definition) is 3. The van der Waals surface area contributed by atoms with Crippen molar-refractivity contribution >= 4 is 22.3 Å². The standard InChI is InChI=1S/C17H23N3/c18-14-7-8-15-16(9-11-20-17(15)12-14)19-10-3-6-13-4-1-2-5-13/h7-9,11-13H,1-6,10,18H2,(H,19,20). The maximum Gasteiger partial charge on any atom is 0.0743 e. The molecule has 3 nitrogen and oxygen atoms in total. The number of anilines is 2. The second kappa shape index (κ2) is 6.12. The molecule has 1 aliphatic rings. The lowest BCUT2D eigenvalue weighted by Gasteiger charge is -2.12. The Kier molecular flexibility index (Phi) is 4.05. The van der Waals surface area contributed by atoms with Crippen LogP contribution in [0.2, 0.25) is 0 Å². The SMILES string of the molecule is Nc1ccc2c(NCCCC3CCCC3)ccnc2c1. The van der Waals surface area contributed by atoms with Crippen molar-refractivity contribution in [1.29, 1.82) is 0 Å². The van der Waals surface area contributed by atoms with E-state index >= 15 is 0 Å². The van der Waals surface area contributed by atoms with Crippen LogP contribution >= 0.6 is 0 Å². The highest BCUT2D eigenvalue weighted by Crippen LogP contribution is 2.28. The fourth-order valence-corrected chi connectivity index (χ4v) is 3.23. The Balaban J connectivity index is 1.59. The van der Waals surface area contributed by atoms with Crippen molar-refractivity contribution in [2.45, 2.75) is 38.5 Å². The van der Waals surface area contributed by atoms with E-state index in [2.05, 4.69) is 16.4 Å². The van der Waals surface area contributed by atoms with Crippen LogP contribution in [-0.2, 0) is 0 Å². The Morgan fingerprint density at radius 1 is 1.20 bits per heavy atom. The molecule has 20 heavy (non-hydrogen) atoms. The molecule has 0 unspecified atom stereocenters.